The predicted molar refractivity (Wildman–Crippen MR) is 144 cm³/mol. The molecule has 5 nitrogen and oxygen atoms in total. The second-order valence-corrected chi connectivity index (χ2v) is 15.9. The number of methoxy groups -OCH3 is 1. The minimum Gasteiger partial charge on any atom is -0.469 e. The van der Waals surface area contributed by atoms with E-state index in [4.69, 9.17) is 9.26 Å². The number of nitrogens with one attached hydrogen (secondary N) is 1. The van der Waals surface area contributed by atoms with E-state index < -0.39 is 5.41 Å². The maximum atomic E-state index is 13.5. The van der Waals surface area contributed by atoms with Gasteiger partial charge in [0, 0.05) is 22.6 Å². The van der Waals surface area contributed by atoms with Gasteiger partial charge in [-0.1, -0.05) is 53.6 Å². The summed E-state index contributed by atoms with van der Waals surface area (Å²) >= 11 is 0. The fourth-order valence-electron chi connectivity index (χ4n) is 11.6. The third-order valence-electron chi connectivity index (χ3n) is 13.6. The molecule has 5 heteroatoms. The van der Waals surface area contributed by atoms with Crippen molar-refractivity contribution in [3.05, 3.63) is 17.5 Å². The Morgan fingerprint density at radius 3 is 2.41 bits per heavy atom. The molecular formula is C32H48N2O3. The maximum absolute atomic E-state index is 13.5. The average Bonchev–Trinajstić information content (AvgIpc) is 3.28. The quantitative estimate of drug-likeness (QED) is 0.402. The summed E-state index contributed by atoms with van der Waals surface area (Å²) < 4.78 is 11.3. The molecule has 0 saturated heterocycles. The standard InChI is InChI=1S/C32H48N2O3/c1-27(2)11-13-32(26(35)36-8)14-12-31(7)24(20(32)17-27)21(33)15-23-29(5)16-19-18-34-37-25(19)28(3,4)22(29)9-10-30(23,31)6/h18,20,22-24,33H,9-17H2,1-8H3/t20-,22?,23+,24-,29-,30+,31+,32-/m0/s1. The molecule has 4 fully saturated rings. The van der Waals surface area contributed by atoms with Gasteiger partial charge in [0.2, 0.25) is 0 Å². The van der Waals surface area contributed by atoms with Crippen molar-refractivity contribution in [2.24, 2.45) is 50.7 Å². The molecule has 4 saturated carbocycles. The van der Waals surface area contributed by atoms with Crippen molar-refractivity contribution >= 4 is 11.7 Å². The van der Waals surface area contributed by atoms with Gasteiger partial charge in [0.05, 0.1) is 18.7 Å². The molecule has 0 radical (unpaired) electrons. The van der Waals surface area contributed by atoms with Crippen LogP contribution in [0.25, 0.3) is 0 Å². The van der Waals surface area contributed by atoms with E-state index in [0.717, 1.165) is 56.4 Å². The normalized spacial score (nSPS) is 47.5. The molecular weight excluding hydrogens is 460 g/mol. The molecule has 1 unspecified atom stereocenters. The van der Waals surface area contributed by atoms with Crippen LogP contribution in [0.3, 0.4) is 0 Å². The van der Waals surface area contributed by atoms with Crippen molar-refractivity contribution in [3.63, 3.8) is 0 Å². The first-order chi connectivity index (χ1) is 17.2. The highest BCUT2D eigenvalue weighted by Gasteiger charge is 2.72. The van der Waals surface area contributed by atoms with Crippen LogP contribution in [0.2, 0.25) is 0 Å². The number of aromatic nitrogens is 1. The minimum atomic E-state index is -0.421. The van der Waals surface area contributed by atoms with Gasteiger partial charge in [0.15, 0.2) is 0 Å². The predicted octanol–water partition coefficient (Wildman–Crippen LogP) is 7.37. The van der Waals surface area contributed by atoms with Gasteiger partial charge in [0.25, 0.3) is 0 Å². The van der Waals surface area contributed by atoms with Gasteiger partial charge in [-0.15, -0.1) is 0 Å². The number of fused-ring (bicyclic) bond motifs is 8. The molecule has 1 N–H and O–H groups in total. The minimum absolute atomic E-state index is 0.00958. The summed E-state index contributed by atoms with van der Waals surface area (Å²) in [7, 11) is 1.57. The third kappa shape index (κ3) is 3.01. The topological polar surface area (TPSA) is 76.2 Å². The molecule has 8 atom stereocenters. The number of rotatable bonds is 1. The highest BCUT2D eigenvalue weighted by atomic mass is 16.5. The Kier molecular flexibility index (Phi) is 5.20. The monoisotopic (exact) mass is 508 g/mol. The Hall–Kier alpha value is -1.65. The van der Waals surface area contributed by atoms with Crippen LogP contribution in [-0.2, 0) is 21.4 Å². The molecule has 0 aliphatic heterocycles. The fourth-order valence-corrected chi connectivity index (χ4v) is 11.6. The van der Waals surface area contributed by atoms with Crippen molar-refractivity contribution in [2.75, 3.05) is 7.11 Å². The second kappa shape index (κ2) is 7.50. The number of esters is 1. The van der Waals surface area contributed by atoms with E-state index >= 15 is 0 Å². The van der Waals surface area contributed by atoms with Crippen LogP contribution in [-0.4, -0.2) is 23.9 Å². The van der Waals surface area contributed by atoms with Crippen LogP contribution in [0.5, 0.6) is 0 Å². The number of hydrogen-bond donors (Lipinski definition) is 1. The summed E-state index contributed by atoms with van der Waals surface area (Å²) in [4.78, 5) is 13.5. The lowest BCUT2D eigenvalue weighted by Crippen LogP contribution is -2.69. The van der Waals surface area contributed by atoms with Gasteiger partial charge in [-0.2, -0.15) is 0 Å². The zero-order chi connectivity index (χ0) is 26.8. The summed E-state index contributed by atoms with van der Waals surface area (Å²) in [5.41, 5.74) is 2.14. The molecule has 1 aromatic heterocycles. The van der Waals surface area contributed by atoms with Gasteiger partial charge < -0.3 is 14.7 Å². The molecule has 0 amide bonds. The molecule has 0 aromatic carbocycles. The summed E-state index contributed by atoms with van der Waals surface area (Å²) in [5, 5.41) is 13.9. The highest BCUT2D eigenvalue weighted by molar-refractivity contribution is 5.88. The van der Waals surface area contributed by atoms with Crippen LogP contribution in [0.4, 0.5) is 0 Å². The van der Waals surface area contributed by atoms with E-state index in [1.165, 1.54) is 18.4 Å². The molecule has 0 bridgehead atoms. The van der Waals surface area contributed by atoms with E-state index in [1.54, 1.807) is 7.11 Å². The number of carbonyl (C=O) groups is 1. The molecule has 5 aliphatic rings. The van der Waals surface area contributed by atoms with Crippen LogP contribution < -0.4 is 0 Å². The van der Waals surface area contributed by atoms with Crippen LogP contribution in [0.15, 0.2) is 10.7 Å². The Bertz CT molecular complexity index is 1150. The van der Waals surface area contributed by atoms with Crippen molar-refractivity contribution < 1.29 is 14.1 Å². The van der Waals surface area contributed by atoms with E-state index in [-0.39, 0.29) is 44.9 Å². The molecule has 0 spiro atoms. The van der Waals surface area contributed by atoms with E-state index in [1.807, 2.05) is 6.20 Å². The molecule has 1 aromatic rings. The number of nitrogens with zero attached hydrogens (tertiary/aromatic N) is 1. The van der Waals surface area contributed by atoms with Crippen molar-refractivity contribution in [2.45, 2.75) is 112 Å². The molecule has 5 aliphatic carbocycles. The highest BCUT2D eigenvalue weighted by Crippen LogP contribution is 2.76. The smallest absolute Gasteiger partial charge is 0.312 e. The number of ether oxygens (including phenoxy) is 1. The number of hydrogen-bond acceptors (Lipinski definition) is 5. The van der Waals surface area contributed by atoms with Crippen LogP contribution >= 0.6 is 0 Å². The zero-order valence-electron chi connectivity index (χ0n) is 24.4. The molecule has 6 rings (SSSR count). The third-order valence-corrected chi connectivity index (χ3v) is 13.6. The van der Waals surface area contributed by atoms with Gasteiger partial charge in [-0.05, 0) is 97.2 Å². The fraction of sp³-hybridized carbons (Fsp3) is 0.844. The summed E-state index contributed by atoms with van der Waals surface area (Å²) in [6.07, 6.45) is 11.1. The lowest BCUT2D eigenvalue weighted by Gasteiger charge is -2.72. The Morgan fingerprint density at radius 1 is 1.00 bits per heavy atom. The summed E-state index contributed by atoms with van der Waals surface area (Å²) in [6.45, 7) is 17.1. The molecule has 37 heavy (non-hydrogen) atoms. The van der Waals surface area contributed by atoms with Gasteiger partial charge in [-0.3, -0.25) is 4.79 Å². The Balaban J connectivity index is 1.46. The van der Waals surface area contributed by atoms with Gasteiger partial charge in [0.1, 0.15) is 5.76 Å². The second-order valence-electron chi connectivity index (χ2n) is 15.9. The van der Waals surface area contributed by atoms with Crippen molar-refractivity contribution in [1.82, 2.24) is 5.16 Å². The zero-order valence-corrected chi connectivity index (χ0v) is 24.4. The first kappa shape index (κ1) is 25.6. The average molecular weight is 509 g/mol. The van der Waals surface area contributed by atoms with Gasteiger partial charge >= 0.3 is 5.97 Å². The molecule has 204 valence electrons. The van der Waals surface area contributed by atoms with Crippen LogP contribution in [0, 0.1) is 56.2 Å². The Morgan fingerprint density at radius 2 is 1.70 bits per heavy atom. The van der Waals surface area contributed by atoms with E-state index in [2.05, 4.69) is 53.6 Å². The first-order valence-corrected chi connectivity index (χ1v) is 14.8. The van der Waals surface area contributed by atoms with Crippen molar-refractivity contribution in [3.8, 4) is 0 Å². The lowest BCUT2D eigenvalue weighted by atomic mass is 9.31. The maximum Gasteiger partial charge on any atom is 0.312 e. The van der Waals surface area contributed by atoms with Crippen molar-refractivity contribution in [1.29, 1.82) is 5.41 Å². The van der Waals surface area contributed by atoms with Gasteiger partial charge in [-0.25, -0.2) is 0 Å². The largest absolute Gasteiger partial charge is 0.469 e. The SMILES string of the molecule is COC(=O)[C@]12CCC(C)(C)C[C@H]1[C@H]1C(=N)C[C@@H]3[C@@]4(C)Cc5cnoc5C(C)(C)C4CC[C@@]3(C)[C@]1(C)CC2. The number of carbonyl (C=O) groups excluding carboxylic acids is 1. The summed E-state index contributed by atoms with van der Waals surface area (Å²) in [6, 6.07) is 0. The Labute approximate surface area is 223 Å². The van der Waals surface area contributed by atoms with E-state index in [0.29, 0.717) is 11.8 Å². The first-order valence-electron chi connectivity index (χ1n) is 14.8. The van der Waals surface area contributed by atoms with E-state index in [9.17, 15) is 10.2 Å². The molecule has 1 heterocycles. The van der Waals surface area contributed by atoms with Crippen LogP contribution in [0.1, 0.15) is 111 Å². The summed E-state index contributed by atoms with van der Waals surface area (Å²) in [5.74, 6) is 2.38. The lowest BCUT2D eigenvalue weighted by molar-refractivity contribution is -0.212.